The van der Waals surface area contributed by atoms with Gasteiger partial charge >= 0.3 is 0 Å². The second-order valence-electron chi connectivity index (χ2n) is 3.28. The molecule has 0 fully saturated rings. The predicted molar refractivity (Wildman–Crippen MR) is 59.7 cm³/mol. The number of hydrogen-bond acceptors (Lipinski definition) is 3. The van der Waals surface area contributed by atoms with E-state index in [1.807, 2.05) is 26.1 Å². The standard InChI is InChI=1S/C10H16N2OS/c1-8-4-5-9(14-8)10(13)12(2)7-3-6-11/h4-5H,3,6-7,11H2,1-2H3. The minimum atomic E-state index is 0.0940. The van der Waals surface area contributed by atoms with E-state index in [4.69, 9.17) is 5.73 Å². The van der Waals surface area contributed by atoms with Gasteiger partial charge in [-0.15, -0.1) is 11.3 Å². The van der Waals surface area contributed by atoms with Crippen LogP contribution < -0.4 is 5.73 Å². The van der Waals surface area contributed by atoms with Crippen LogP contribution in [0.5, 0.6) is 0 Å². The highest BCUT2D eigenvalue weighted by Crippen LogP contribution is 2.16. The highest BCUT2D eigenvalue weighted by molar-refractivity contribution is 7.13. The average Bonchev–Trinajstić information content (AvgIpc) is 2.60. The minimum Gasteiger partial charge on any atom is -0.341 e. The molecule has 0 unspecified atom stereocenters. The van der Waals surface area contributed by atoms with Crippen molar-refractivity contribution in [1.82, 2.24) is 4.90 Å². The first-order chi connectivity index (χ1) is 6.65. The molecule has 0 bridgehead atoms. The highest BCUT2D eigenvalue weighted by Gasteiger charge is 2.12. The SMILES string of the molecule is Cc1ccc(C(=O)N(C)CCCN)s1. The highest BCUT2D eigenvalue weighted by atomic mass is 32.1. The first-order valence-corrected chi connectivity index (χ1v) is 5.48. The second kappa shape index (κ2) is 5.12. The van der Waals surface area contributed by atoms with Gasteiger partial charge in [0, 0.05) is 18.5 Å². The summed E-state index contributed by atoms with van der Waals surface area (Å²) in [4.78, 5) is 15.5. The molecule has 78 valence electrons. The summed E-state index contributed by atoms with van der Waals surface area (Å²) in [6.07, 6.45) is 0.854. The molecule has 0 saturated carbocycles. The van der Waals surface area contributed by atoms with Crippen LogP contribution >= 0.6 is 11.3 Å². The van der Waals surface area contributed by atoms with Gasteiger partial charge in [0.2, 0.25) is 0 Å². The summed E-state index contributed by atoms with van der Waals surface area (Å²) in [6, 6.07) is 3.84. The molecule has 0 aromatic carbocycles. The van der Waals surface area contributed by atoms with Crippen molar-refractivity contribution >= 4 is 17.2 Å². The van der Waals surface area contributed by atoms with Crippen molar-refractivity contribution in [2.24, 2.45) is 5.73 Å². The zero-order chi connectivity index (χ0) is 10.6. The van der Waals surface area contributed by atoms with Crippen molar-refractivity contribution in [3.8, 4) is 0 Å². The number of nitrogens with zero attached hydrogens (tertiary/aromatic N) is 1. The molecule has 0 aliphatic rings. The molecule has 14 heavy (non-hydrogen) atoms. The molecule has 1 amide bonds. The van der Waals surface area contributed by atoms with Crippen LogP contribution in [-0.4, -0.2) is 30.9 Å². The zero-order valence-electron chi connectivity index (χ0n) is 8.62. The van der Waals surface area contributed by atoms with E-state index < -0.39 is 0 Å². The van der Waals surface area contributed by atoms with Crippen LogP contribution in [0.3, 0.4) is 0 Å². The quantitative estimate of drug-likeness (QED) is 0.821. The van der Waals surface area contributed by atoms with E-state index in [0.29, 0.717) is 6.54 Å². The monoisotopic (exact) mass is 212 g/mol. The molecule has 4 heteroatoms. The Morgan fingerprint density at radius 1 is 1.57 bits per heavy atom. The maximum Gasteiger partial charge on any atom is 0.263 e. The number of hydrogen-bond donors (Lipinski definition) is 1. The van der Waals surface area contributed by atoms with Crippen LogP contribution in [0, 0.1) is 6.92 Å². The Labute approximate surface area is 88.5 Å². The largest absolute Gasteiger partial charge is 0.341 e. The summed E-state index contributed by atoms with van der Waals surface area (Å²) in [6.45, 7) is 3.36. The molecule has 0 aliphatic carbocycles. The Hall–Kier alpha value is -0.870. The number of amides is 1. The number of thiophene rings is 1. The van der Waals surface area contributed by atoms with Crippen LogP contribution in [0.1, 0.15) is 21.0 Å². The van der Waals surface area contributed by atoms with Gasteiger partial charge in [0.05, 0.1) is 4.88 Å². The third kappa shape index (κ3) is 2.82. The summed E-state index contributed by atoms with van der Waals surface area (Å²) in [5.41, 5.74) is 5.38. The van der Waals surface area contributed by atoms with Crippen molar-refractivity contribution in [3.63, 3.8) is 0 Å². The number of rotatable bonds is 4. The lowest BCUT2D eigenvalue weighted by molar-refractivity contribution is 0.0799. The first kappa shape index (κ1) is 11.2. The molecule has 1 rings (SSSR count). The van der Waals surface area contributed by atoms with E-state index in [-0.39, 0.29) is 5.91 Å². The molecule has 2 N–H and O–H groups in total. The van der Waals surface area contributed by atoms with Gasteiger partial charge in [0.1, 0.15) is 0 Å². The first-order valence-electron chi connectivity index (χ1n) is 4.67. The predicted octanol–water partition coefficient (Wildman–Crippen LogP) is 1.48. The number of carbonyl (C=O) groups excluding carboxylic acids is 1. The number of aryl methyl sites for hydroxylation is 1. The van der Waals surface area contributed by atoms with Crippen LogP contribution in [0.4, 0.5) is 0 Å². The summed E-state index contributed by atoms with van der Waals surface area (Å²) >= 11 is 1.54. The normalized spacial score (nSPS) is 10.2. The lowest BCUT2D eigenvalue weighted by Gasteiger charge is -2.15. The smallest absolute Gasteiger partial charge is 0.263 e. The fourth-order valence-electron chi connectivity index (χ4n) is 1.17. The maximum atomic E-state index is 11.8. The van der Waals surface area contributed by atoms with Crippen LogP contribution in [0.25, 0.3) is 0 Å². The molecule has 1 aromatic heterocycles. The van der Waals surface area contributed by atoms with Crippen molar-refractivity contribution in [3.05, 3.63) is 21.9 Å². The van der Waals surface area contributed by atoms with E-state index in [1.165, 1.54) is 16.2 Å². The topological polar surface area (TPSA) is 46.3 Å². The summed E-state index contributed by atoms with van der Waals surface area (Å²) in [7, 11) is 1.81. The van der Waals surface area contributed by atoms with Gasteiger partial charge in [0.25, 0.3) is 5.91 Å². The van der Waals surface area contributed by atoms with Crippen LogP contribution in [-0.2, 0) is 0 Å². The molecule has 0 spiro atoms. The van der Waals surface area contributed by atoms with E-state index in [1.54, 1.807) is 4.90 Å². The molecule has 0 atom stereocenters. The number of carbonyl (C=O) groups is 1. The van der Waals surface area contributed by atoms with E-state index in [9.17, 15) is 4.79 Å². The summed E-state index contributed by atoms with van der Waals surface area (Å²) < 4.78 is 0. The Kier molecular flexibility index (Phi) is 4.10. The molecule has 3 nitrogen and oxygen atoms in total. The molecular formula is C10H16N2OS. The molecule has 1 aromatic rings. The van der Waals surface area contributed by atoms with Gasteiger partial charge in [0.15, 0.2) is 0 Å². The minimum absolute atomic E-state index is 0.0940. The van der Waals surface area contributed by atoms with Gasteiger partial charge in [-0.2, -0.15) is 0 Å². The maximum absolute atomic E-state index is 11.8. The molecule has 0 radical (unpaired) electrons. The van der Waals surface area contributed by atoms with Crippen molar-refractivity contribution in [1.29, 1.82) is 0 Å². The lowest BCUT2D eigenvalue weighted by atomic mass is 10.3. The van der Waals surface area contributed by atoms with E-state index in [0.717, 1.165) is 17.8 Å². The average molecular weight is 212 g/mol. The van der Waals surface area contributed by atoms with Gasteiger partial charge in [-0.05, 0) is 32.0 Å². The third-order valence-electron chi connectivity index (χ3n) is 2.00. The summed E-state index contributed by atoms with van der Waals surface area (Å²) in [5.74, 6) is 0.0940. The molecule has 1 heterocycles. The van der Waals surface area contributed by atoms with Gasteiger partial charge in [-0.1, -0.05) is 0 Å². The molecule has 0 saturated heterocycles. The van der Waals surface area contributed by atoms with Crippen LogP contribution in [0.2, 0.25) is 0 Å². The van der Waals surface area contributed by atoms with Crippen molar-refractivity contribution < 1.29 is 4.79 Å². The zero-order valence-corrected chi connectivity index (χ0v) is 9.43. The second-order valence-corrected chi connectivity index (χ2v) is 4.57. The lowest BCUT2D eigenvalue weighted by Crippen LogP contribution is -2.28. The molecular weight excluding hydrogens is 196 g/mol. The Balaban J connectivity index is 2.56. The van der Waals surface area contributed by atoms with Gasteiger partial charge in [-0.3, -0.25) is 4.79 Å². The van der Waals surface area contributed by atoms with E-state index in [2.05, 4.69) is 0 Å². The van der Waals surface area contributed by atoms with Crippen LogP contribution in [0.15, 0.2) is 12.1 Å². The number of nitrogens with two attached hydrogens (primary N) is 1. The Bertz CT molecular complexity index is 309. The summed E-state index contributed by atoms with van der Waals surface area (Å²) in [5, 5.41) is 0. The Morgan fingerprint density at radius 2 is 2.29 bits per heavy atom. The van der Waals surface area contributed by atoms with Gasteiger partial charge < -0.3 is 10.6 Å². The third-order valence-corrected chi connectivity index (χ3v) is 2.98. The Morgan fingerprint density at radius 3 is 2.79 bits per heavy atom. The van der Waals surface area contributed by atoms with Crippen molar-refractivity contribution in [2.75, 3.05) is 20.1 Å². The van der Waals surface area contributed by atoms with E-state index >= 15 is 0 Å². The van der Waals surface area contributed by atoms with Crippen molar-refractivity contribution in [2.45, 2.75) is 13.3 Å². The van der Waals surface area contributed by atoms with Gasteiger partial charge in [-0.25, -0.2) is 0 Å². The fourth-order valence-corrected chi connectivity index (χ4v) is 2.03. The molecule has 0 aliphatic heterocycles. The fraction of sp³-hybridized carbons (Fsp3) is 0.500.